The number of hydrazine groups is 1. The third kappa shape index (κ3) is 2.94. The van der Waals surface area contributed by atoms with E-state index in [1.165, 1.54) is 0 Å². The summed E-state index contributed by atoms with van der Waals surface area (Å²) in [6, 6.07) is 1.61. The minimum absolute atomic E-state index is 0.230. The van der Waals surface area contributed by atoms with E-state index in [0.717, 1.165) is 6.54 Å². The Balaban J connectivity index is 2.01. The molecule has 0 saturated carbocycles. The highest BCUT2D eigenvalue weighted by Crippen LogP contribution is 2.17. The van der Waals surface area contributed by atoms with E-state index in [1.807, 2.05) is 6.92 Å². The number of hydrogen-bond acceptors (Lipinski definition) is 5. The fraction of sp³-hybridized carbons (Fsp3) is 0.333. The number of nitrogen functional groups attached to an aromatic ring is 1. The third-order valence-corrected chi connectivity index (χ3v) is 2.66. The van der Waals surface area contributed by atoms with Crippen molar-refractivity contribution in [2.75, 3.05) is 0 Å². The standard InChI is InChI=1S/C12H16N4O3/c1-3-16-6-10(5-14-16)18-7-9-4-11(8(2)19-9)12(17)15-13/h4-6H,3,7,13H2,1-2H3,(H,15,17). The van der Waals surface area contributed by atoms with Gasteiger partial charge in [0.2, 0.25) is 0 Å². The van der Waals surface area contributed by atoms with E-state index in [2.05, 4.69) is 10.5 Å². The molecule has 0 unspecified atom stereocenters. The van der Waals surface area contributed by atoms with Crippen molar-refractivity contribution in [1.29, 1.82) is 0 Å². The first-order valence-electron chi connectivity index (χ1n) is 5.89. The van der Waals surface area contributed by atoms with Crippen LogP contribution in [0.5, 0.6) is 5.75 Å². The van der Waals surface area contributed by atoms with Crippen LogP contribution in [0.15, 0.2) is 22.9 Å². The predicted octanol–water partition coefficient (Wildman–Crippen LogP) is 0.987. The van der Waals surface area contributed by atoms with Crippen molar-refractivity contribution in [2.45, 2.75) is 27.0 Å². The summed E-state index contributed by atoms with van der Waals surface area (Å²) >= 11 is 0. The molecule has 2 heterocycles. The van der Waals surface area contributed by atoms with Crippen molar-refractivity contribution in [2.24, 2.45) is 5.84 Å². The second-order valence-corrected chi connectivity index (χ2v) is 3.98. The Bertz CT molecular complexity index is 573. The maximum absolute atomic E-state index is 11.4. The first-order valence-corrected chi connectivity index (χ1v) is 5.89. The number of hydrogen-bond donors (Lipinski definition) is 2. The zero-order valence-corrected chi connectivity index (χ0v) is 10.8. The molecule has 0 radical (unpaired) electrons. The summed E-state index contributed by atoms with van der Waals surface area (Å²) in [6.07, 6.45) is 3.43. The molecule has 3 N–H and O–H groups in total. The normalized spacial score (nSPS) is 10.5. The van der Waals surface area contributed by atoms with Gasteiger partial charge in [-0.25, -0.2) is 5.84 Å². The molecule has 0 spiro atoms. The molecule has 7 nitrogen and oxygen atoms in total. The number of nitrogens with zero attached hydrogens (tertiary/aromatic N) is 2. The maximum atomic E-state index is 11.4. The van der Waals surface area contributed by atoms with E-state index in [4.69, 9.17) is 15.0 Å². The van der Waals surface area contributed by atoms with Gasteiger partial charge in [-0.05, 0) is 19.9 Å². The van der Waals surface area contributed by atoms with E-state index < -0.39 is 0 Å². The Morgan fingerprint density at radius 1 is 1.63 bits per heavy atom. The number of carbonyl (C=O) groups excluding carboxylic acids is 1. The van der Waals surface area contributed by atoms with Crippen molar-refractivity contribution < 1.29 is 13.9 Å². The van der Waals surface area contributed by atoms with Crippen LogP contribution in [0.1, 0.15) is 28.8 Å². The molecule has 0 atom stereocenters. The van der Waals surface area contributed by atoms with Gasteiger partial charge in [0.05, 0.1) is 18.0 Å². The average molecular weight is 264 g/mol. The number of nitrogens with two attached hydrogens (primary N) is 1. The number of amides is 1. The van der Waals surface area contributed by atoms with E-state index in [0.29, 0.717) is 22.8 Å². The van der Waals surface area contributed by atoms with E-state index in [-0.39, 0.29) is 12.5 Å². The lowest BCUT2D eigenvalue weighted by molar-refractivity contribution is 0.0952. The van der Waals surface area contributed by atoms with Crippen molar-refractivity contribution >= 4 is 5.91 Å². The smallest absolute Gasteiger partial charge is 0.268 e. The van der Waals surface area contributed by atoms with Gasteiger partial charge < -0.3 is 9.15 Å². The number of furan rings is 1. The summed E-state index contributed by atoms with van der Waals surface area (Å²) in [6.45, 7) is 4.70. The number of nitrogens with one attached hydrogen (secondary N) is 1. The molecule has 2 aromatic rings. The summed E-state index contributed by atoms with van der Waals surface area (Å²) in [4.78, 5) is 11.4. The van der Waals surface area contributed by atoms with E-state index >= 15 is 0 Å². The van der Waals surface area contributed by atoms with Crippen LogP contribution in [0, 0.1) is 6.92 Å². The second-order valence-electron chi connectivity index (χ2n) is 3.98. The van der Waals surface area contributed by atoms with Crippen LogP contribution in [-0.4, -0.2) is 15.7 Å². The molecule has 2 aromatic heterocycles. The monoisotopic (exact) mass is 264 g/mol. The molecule has 0 bridgehead atoms. The van der Waals surface area contributed by atoms with Gasteiger partial charge >= 0.3 is 0 Å². The Labute approximate surface area is 110 Å². The van der Waals surface area contributed by atoms with Crippen LogP contribution in [0.25, 0.3) is 0 Å². The van der Waals surface area contributed by atoms with Crippen molar-refractivity contribution in [1.82, 2.24) is 15.2 Å². The van der Waals surface area contributed by atoms with Crippen LogP contribution in [0.2, 0.25) is 0 Å². The molecule has 0 fully saturated rings. The highest BCUT2D eigenvalue weighted by molar-refractivity contribution is 5.94. The first-order chi connectivity index (χ1) is 9.13. The predicted molar refractivity (Wildman–Crippen MR) is 67.3 cm³/mol. The van der Waals surface area contributed by atoms with Crippen molar-refractivity contribution in [3.05, 3.63) is 35.5 Å². The quantitative estimate of drug-likeness (QED) is 0.477. The van der Waals surface area contributed by atoms with E-state index in [9.17, 15) is 4.79 Å². The molecular weight excluding hydrogens is 248 g/mol. The number of ether oxygens (including phenoxy) is 1. The molecule has 1 amide bonds. The lowest BCUT2D eigenvalue weighted by Gasteiger charge is -1.99. The van der Waals surface area contributed by atoms with Gasteiger partial charge in [0.25, 0.3) is 5.91 Å². The number of aromatic nitrogens is 2. The van der Waals surface area contributed by atoms with Gasteiger partial charge in [0.15, 0.2) is 5.75 Å². The fourth-order valence-electron chi connectivity index (χ4n) is 1.66. The molecule has 0 saturated heterocycles. The first kappa shape index (κ1) is 13.2. The lowest BCUT2D eigenvalue weighted by atomic mass is 10.2. The van der Waals surface area contributed by atoms with Gasteiger partial charge in [-0.1, -0.05) is 0 Å². The van der Waals surface area contributed by atoms with Crippen LogP contribution in [0.4, 0.5) is 0 Å². The Morgan fingerprint density at radius 2 is 2.42 bits per heavy atom. The number of rotatable bonds is 5. The molecule has 7 heteroatoms. The highest BCUT2D eigenvalue weighted by atomic mass is 16.5. The molecule has 0 aromatic carbocycles. The molecule has 19 heavy (non-hydrogen) atoms. The largest absolute Gasteiger partial charge is 0.482 e. The van der Waals surface area contributed by atoms with Gasteiger partial charge in [-0.15, -0.1) is 0 Å². The zero-order chi connectivity index (χ0) is 13.8. The minimum atomic E-state index is -0.383. The number of aryl methyl sites for hydroxylation is 2. The minimum Gasteiger partial charge on any atom is -0.482 e. The van der Waals surface area contributed by atoms with Gasteiger partial charge in [-0.3, -0.25) is 14.9 Å². The molecule has 0 aliphatic heterocycles. The third-order valence-electron chi connectivity index (χ3n) is 2.66. The highest BCUT2D eigenvalue weighted by Gasteiger charge is 2.14. The van der Waals surface area contributed by atoms with Crippen LogP contribution >= 0.6 is 0 Å². The van der Waals surface area contributed by atoms with Gasteiger partial charge in [-0.2, -0.15) is 5.10 Å². The second kappa shape index (κ2) is 5.57. The van der Waals surface area contributed by atoms with Crippen molar-refractivity contribution in [3.63, 3.8) is 0 Å². The van der Waals surface area contributed by atoms with E-state index in [1.54, 1.807) is 30.1 Å². The summed E-state index contributed by atoms with van der Waals surface area (Å²) in [5.41, 5.74) is 2.47. The summed E-state index contributed by atoms with van der Waals surface area (Å²) in [5, 5.41) is 4.09. The summed E-state index contributed by atoms with van der Waals surface area (Å²) in [7, 11) is 0. The zero-order valence-electron chi connectivity index (χ0n) is 10.8. The fourth-order valence-corrected chi connectivity index (χ4v) is 1.66. The Hall–Kier alpha value is -2.28. The molecule has 0 aliphatic rings. The topological polar surface area (TPSA) is 95.3 Å². The molecule has 0 aliphatic carbocycles. The van der Waals surface area contributed by atoms with Gasteiger partial charge in [0, 0.05) is 6.54 Å². The Kier molecular flexibility index (Phi) is 3.86. The van der Waals surface area contributed by atoms with Crippen molar-refractivity contribution in [3.8, 4) is 5.75 Å². The maximum Gasteiger partial charge on any atom is 0.268 e. The Morgan fingerprint density at radius 3 is 3.05 bits per heavy atom. The number of carbonyl (C=O) groups is 1. The molecule has 102 valence electrons. The van der Waals surface area contributed by atoms with Gasteiger partial charge in [0.1, 0.15) is 18.1 Å². The van der Waals surface area contributed by atoms with Crippen LogP contribution < -0.4 is 16.0 Å². The summed E-state index contributed by atoms with van der Waals surface area (Å²) < 4.78 is 12.7. The average Bonchev–Trinajstić information content (AvgIpc) is 3.01. The molecule has 2 rings (SSSR count). The lowest BCUT2D eigenvalue weighted by Crippen LogP contribution is -2.30. The van der Waals surface area contributed by atoms with Crippen LogP contribution in [0.3, 0.4) is 0 Å². The summed E-state index contributed by atoms with van der Waals surface area (Å²) in [5.74, 6) is 6.41. The molecular formula is C12H16N4O3. The van der Waals surface area contributed by atoms with Crippen LogP contribution in [-0.2, 0) is 13.2 Å². The SMILES string of the molecule is CCn1cc(OCc2cc(C(=O)NN)c(C)o2)cn1.